The van der Waals surface area contributed by atoms with Gasteiger partial charge in [0.1, 0.15) is 17.5 Å². The molecule has 0 aliphatic carbocycles. The van der Waals surface area contributed by atoms with Gasteiger partial charge in [0.2, 0.25) is 0 Å². The van der Waals surface area contributed by atoms with Crippen LogP contribution in [0.3, 0.4) is 0 Å². The van der Waals surface area contributed by atoms with E-state index in [0.29, 0.717) is 36.7 Å². The molecule has 4 rings (SSSR count). The SMILES string of the molecule is Cc1c(C(=O)NCCN2CCN(C)CC2)cnc2c1N(Cc1c(F)ccc(F)c1Cl)CCCN2. The van der Waals surface area contributed by atoms with Gasteiger partial charge < -0.3 is 20.4 Å². The maximum absolute atomic E-state index is 14.5. The molecule has 0 radical (unpaired) electrons. The molecule has 2 N–H and O–H groups in total. The van der Waals surface area contributed by atoms with E-state index in [1.165, 1.54) is 0 Å². The first-order chi connectivity index (χ1) is 16.3. The number of fused-ring (bicyclic) bond motifs is 1. The van der Waals surface area contributed by atoms with Crippen LogP contribution in [0, 0.1) is 18.6 Å². The van der Waals surface area contributed by atoms with Crippen LogP contribution in [0.2, 0.25) is 5.02 Å². The minimum Gasteiger partial charge on any atom is -0.368 e. The number of carbonyl (C=O) groups excluding carboxylic acids is 1. The highest BCUT2D eigenvalue weighted by Gasteiger charge is 2.25. The molecule has 7 nitrogen and oxygen atoms in total. The number of hydrogen-bond donors (Lipinski definition) is 2. The molecule has 2 aliphatic rings. The smallest absolute Gasteiger partial charge is 0.253 e. The van der Waals surface area contributed by atoms with Crippen molar-refractivity contribution < 1.29 is 13.6 Å². The molecule has 1 fully saturated rings. The maximum atomic E-state index is 14.5. The molecule has 1 amide bonds. The quantitative estimate of drug-likeness (QED) is 0.604. The number of amides is 1. The zero-order valence-electron chi connectivity index (χ0n) is 19.6. The summed E-state index contributed by atoms with van der Waals surface area (Å²) in [5.74, 6) is -0.791. The molecule has 2 aliphatic heterocycles. The first kappa shape index (κ1) is 24.6. The van der Waals surface area contributed by atoms with Crippen LogP contribution in [0.5, 0.6) is 0 Å². The Morgan fingerprint density at radius 2 is 1.91 bits per heavy atom. The summed E-state index contributed by atoms with van der Waals surface area (Å²) in [4.78, 5) is 24.0. The molecular weight excluding hydrogens is 462 g/mol. The Bertz CT molecular complexity index is 1040. The number of halogens is 3. The van der Waals surface area contributed by atoms with Crippen LogP contribution in [-0.2, 0) is 6.54 Å². The fraction of sp³-hybridized carbons (Fsp3) is 0.500. The van der Waals surface area contributed by atoms with Crippen molar-refractivity contribution in [1.29, 1.82) is 0 Å². The number of benzene rings is 1. The third-order valence-corrected chi connectivity index (χ3v) is 6.97. The predicted molar refractivity (Wildman–Crippen MR) is 131 cm³/mol. The summed E-state index contributed by atoms with van der Waals surface area (Å²) in [5, 5.41) is 6.07. The van der Waals surface area contributed by atoms with Crippen LogP contribution < -0.4 is 15.5 Å². The Morgan fingerprint density at radius 1 is 1.18 bits per heavy atom. The fourth-order valence-corrected chi connectivity index (χ4v) is 4.70. The summed E-state index contributed by atoms with van der Waals surface area (Å²) < 4.78 is 28.5. The van der Waals surface area contributed by atoms with E-state index in [1.807, 2.05) is 11.8 Å². The van der Waals surface area contributed by atoms with Gasteiger partial charge in [-0.1, -0.05) is 11.6 Å². The molecule has 0 saturated carbocycles. The summed E-state index contributed by atoms with van der Waals surface area (Å²) in [5.41, 5.74) is 2.01. The van der Waals surface area contributed by atoms with Crippen LogP contribution >= 0.6 is 11.6 Å². The Labute approximate surface area is 204 Å². The Balaban J connectivity index is 1.52. The molecule has 0 atom stereocenters. The lowest BCUT2D eigenvalue weighted by Gasteiger charge is -2.32. The van der Waals surface area contributed by atoms with Crippen molar-refractivity contribution in [3.8, 4) is 0 Å². The Hall–Kier alpha value is -2.49. The van der Waals surface area contributed by atoms with Gasteiger partial charge in [-0.15, -0.1) is 0 Å². The van der Waals surface area contributed by atoms with Gasteiger partial charge >= 0.3 is 0 Å². The number of piperazine rings is 1. The Kier molecular flexibility index (Phi) is 7.85. The van der Waals surface area contributed by atoms with Crippen molar-refractivity contribution in [2.75, 3.05) is 69.6 Å². The standard InChI is InChI=1S/C24H31ClF2N6O/c1-16-17(24(34)29-7-9-32-12-10-31(2)11-13-32)14-30-23-22(16)33(8-3-6-28-23)15-18-19(26)4-5-20(27)21(18)25/h4-5,14H,3,6-13,15H2,1-2H3,(H,28,30)(H,29,34). The van der Waals surface area contributed by atoms with E-state index >= 15 is 0 Å². The van der Waals surface area contributed by atoms with Crippen molar-refractivity contribution >= 4 is 29.0 Å². The van der Waals surface area contributed by atoms with Crippen molar-refractivity contribution in [1.82, 2.24) is 20.1 Å². The van der Waals surface area contributed by atoms with E-state index in [2.05, 4.69) is 32.5 Å². The van der Waals surface area contributed by atoms with Gasteiger partial charge in [-0.05, 0) is 38.1 Å². The largest absolute Gasteiger partial charge is 0.368 e. The lowest BCUT2D eigenvalue weighted by Crippen LogP contribution is -2.47. The molecule has 3 heterocycles. The van der Waals surface area contributed by atoms with Gasteiger partial charge in [0, 0.05) is 70.7 Å². The van der Waals surface area contributed by atoms with E-state index in [4.69, 9.17) is 11.6 Å². The zero-order valence-corrected chi connectivity index (χ0v) is 20.4. The molecular formula is C24H31ClF2N6O. The van der Waals surface area contributed by atoms with Crippen molar-refractivity contribution in [3.05, 3.63) is 51.7 Å². The molecule has 0 bridgehead atoms. The molecule has 1 aromatic heterocycles. The van der Waals surface area contributed by atoms with Gasteiger partial charge in [0.05, 0.1) is 16.3 Å². The Morgan fingerprint density at radius 3 is 2.68 bits per heavy atom. The molecule has 10 heteroatoms. The summed E-state index contributed by atoms with van der Waals surface area (Å²) >= 11 is 6.09. The first-order valence-electron chi connectivity index (χ1n) is 11.6. The maximum Gasteiger partial charge on any atom is 0.253 e. The first-order valence-corrected chi connectivity index (χ1v) is 12.0. The van der Waals surface area contributed by atoms with Crippen LogP contribution in [0.15, 0.2) is 18.3 Å². The van der Waals surface area contributed by atoms with Crippen molar-refractivity contribution in [3.63, 3.8) is 0 Å². The average Bonchev–Trinajstić information content (AvgIpc) is 3.03. The topological polar surface area (TPSA) is 63.7 Å². The third-order valence-electron chi connectivity index (χ3n) is 6.56. The highest BCUT2D eigenvalue weighted by Crippen LogP contribution is 2.35. The third kappa shape index (κ3) is 5.42. The highest BCUT2D eigenvalue weighted by molar-refractivity contribution is 6.31. The van der Waals surface area contributed by atoms with Gasteiger partial charge in [0.25, 0.3) is 5.91 Å². The van der Waals surface area contributed by atoms with Crippen molar-refractivity contribution in [2.45, 2.75) is 19.9 Å². The van der Waals surface area contributed by atoms with Crippen LogP contribution in [0.25, 0.3) is 0 Å². The summed E-state index contributed by atoms with van der Waals surface area (Å²) in [6.07, 6.45) is 2.35. The second kappa shape index (κ2) is 10.8. The van der Waals surface area contributed by atoms with E-state index in [9.17, 15) is 13.6 Å². The minimum atomic E-state index is -0.658. The number of anilines is 2. The number of nitrogens with zero attached hydrogens (tertiary/aromatic N) is 4. The lowest BCUT2D eigenvalue weighted by molar-refractivity contribution is 0.0940. The number of carbonyl (C=O) groups is 1. The average molecular weight is 493 g/mol. The van der Waals surface area contributed by atoms with E-state index < -0.39 is 11.6 Å². The number of pyridine rings is 1. The number of aromatic nitrogens is 1. The summed E-state index contributed by atoms with van der Waals surface area (Å²) in [6.45, 7) is 8.59. The monoisotopic (exact) mass is 492 g/mol. The van der Waals surface area contributed by atoms with Gasteiger partial charge in [-0.2, -0.15) is 0 Å². The van der Waals surface area contributed by atoms with E-state index in [1.54, 1.807) is 6.20 Å². The fourth-order valence-electron chi connectivity index (χ4n) is 4.48. The number of rotatable bonds is 6. The molecule has 184 valence electrons. The highest BCUT2D eigenvalue weighted by atomic mass is 35.5. The molecule has 1 aromatic carbocycles. The van der Waals surface area contributed by atoms with Gasteiger partial charge in [-0.25, -0.2) is 13.8 Å². The molecule has 2 aromatic rings. The van der Waals surface area contributed by atoms with Crippen LogP contribution in [0.1, 0.15) is 27.9 Å². The van der Waals surface area contributed by atoms with Crippen LogP contribution in [-0.4, -0.2) is 80.1 Å². The number of likely N-dealkylation sites (N-methyl/N-ethyl adjacent to an activating group) is 1. The second-order valence-electron chi connectivity index (χ2n) is 8.92. The molecule has 1 saturated heterocycles. The lowest BCUT2D eigenvalue weighted by atomic mass is 10.1. The number of hydrogen-bond acceptors (Lipinski definition) is 6. The van der Waals surface area contributed by atoms with Crippen LogP contribution in [0.4, 0.5) is 20.3 Å². The molecule has 34 heavy (non-hydrogen) atoms. The molecule has 0 spiro atoms. The second-order valence-corrected chi connectivity index (χ2v) is 9.30. The van der Waals surface area contributed by atoms with E-state index in [-0.39, 0.29) is 23.0 Å². The minimum absolute atomic E-state index is 0.0775. The van der Waals surface area contributed by atoms with Crippen molar-refractivity contribution in [2.24, 2.45) is 0 Å². The van der Waals surface area contributed by atoms with E-state index in [0.717, 1.165) is 56.8 Å². The zero-order chi connectivity index (χ0) is 24.2. The van der Waals surface area contributed by atoms with Gasteiger partial charge in [0.15, 0.2) is 0 Å². The summed E-state index contributed by atoms with van der Waals surface area (Å²) in [7, 11) is 2.11. The number of nitrogens with one attached hydrogen (secondary N) is 2. The molecule has 0 unspecified atom stereocenters. The predicted octanol–water partition coefficient (Wildman–Crippen LogP) is 3.12. The summed E-state index contributed by atoms with van der Waals surface area (Å²) in [6, 6.07) is 2.11. The normalized spacial score (nSPS) is 17.1. The van der Waals surface area contributed by atoms with Gasteiger partial charge in [-0.3, -0.25) is 9.69 Å².